The highest BCUT2D eigenvalue weighted by atomic mass is 35.5. The Morgan fingerprint density at radius 1 is 1.50 bits per heavy atom. The van der Waals surface area contributed by atoms with Crippen molar-refractivity contribution in [2.45, 2.75) is 33.1 Å². The maximum atomic E-state index is 11.2. The molecule has 0 saturated carbocycles. The molecule has 1 N–H and O–H groups in total. The highest BCUT2D eigenvalue weighted by molar-refractivity contribution is 6.29. The van der Waals surface area contributed by atoms with Crippen LogP contribution in [0.2, 0.25) is 5.15 Å². The van der Waals surface area contributed by atoms with Gasteiger partial charge in [-0.05, 0) is 13.3 Å². The van der Waals surface area contributed by atoms with E-state index in [1.165, 1.54) is 12.4 Å². The lowest BCUT2D eigenvalue weighted by molar-refractivity contribution is -0.148. The number of hydrogen-bond acceptors (Lipinski definition) is 3. The molecule has 0 spiro atoms. The normalized spacial score (nSPS) is 14.4. The minimum Gasteiger partial charge on any atom is -0.481 e. The number of carboxylic acids is 1. The Bertz CT molecular complexity index is 367. The zero-order valence-electron chi connectivity index (χ0n) is 9.40. The second-order valence-corrected chi connectivity index (χ2v) is 4.51. The summed E-state index contributed by atoms with van der Waals surface area (Å²) in [5.74, 6) is -0.800. The minimum absolute atomic E-state index is 0.316. The standard InChI is InChI=1S/C11H15ClN2O2/c1-3-4-11(2,10(15)16)5-8-6-14-9(12)7-13-8/h6-7H,3-5H2,1-2H3,(H,15,16). The zero-order valence-corrected chi connectivity index (χ0v) is 10.2. The van der Waals surface area contributed by atoms with Crippen molar-refractivity contribution < 1.29 is 9.90 Å². The van der Waals surface area contributed by atoms with Gasteiger partial charge in [0.25, 0.3) is 0 Å². The van der Waals surface area contributed by atoms with Gasteiger partial charge in [-0.3, -0.25) is 9.78 Å². The smallest absolute Gasteiger partial charge is 0.309 e. The second-order valence-electron chi connectivity index (χ2n) is 4.12. The molecule has 1 heterocycles. The van der Waals surface area contributed by atoms with E-state index in [1.54, 1.807) is 6.92 Å². The maximum Gasteiger partial charge on any atom is 0.309 e. The molecule has 0 amide bonds. The monoisotopic (exact) mass is 242 g/mol. The summed E-state index contributed by atoms with van der Waals surface area (Å²) in [6.45, 7) is 3.70. The van der Waals surface area contributed by atoms with Crippen LogP contribution in [0.25, 0.3) is 0 Å². The summed E-state index contributed by atoms with van der Waals surface area (Å²) in [5.41, 5.74) is -0.125. The molecular weight excluding hydrogens is 228 g/mol. The molecule has 0 aromatic carbocycles. The fourth-order valence-corrected chi connectivity index (χ4v) is 1.75. The predicted octanol–water partition coefficient (Wildman–Crippen LogP) is 2.56. The summed E-state index contributed by atoms with van der Waals surface area (Å²) < 4.78 is 0. The zero-order chi connectivity index (χ0) is 12.2. The third-order valence-corrected chi connectivity index (χ3v) is 2.76. The highest BCUT2D eigenvalue weighted by Crippen LogP contribution is 2.27. The third-order valence-electron chi connectivity index (χ3n) is 2.56. The summed E-state index contributed by atoms with van der Waals surface area (Å²) in [6, 6.07) is 0. The van der Waals surface area contributed by atoms with Crippen molar-refractivity contribution in [1.82, 2.24) is 9.97 Å². The van der Waals surface area contributed by atoms with Gasteiger partial charge in [0.15, 0.2) is 0 Å². The molecule has 0 fully saturated rings. The minimum atomic E-state index is -0.800. The summed E-state index contributed by atoms with van der Waals surface area (Å²) in [6.07, 6.45) is 4.78. The van der Waals surface area contributed by atoms with E-state index in [2.05, 4.69) is 9.97 Å². The van der Waals surface area contributed by atoms with Crippen LogP contribution in [0, 0.1) is 5.41 Å². The average Bonchev–Trinajstić information content (AvgIpc) is 2.22. The second kappa shape index (κ2) is 5.25. The van der Waals surface area contributed by atoms with Gasteiger partial charge in [0.05, 0.1) is 23.5 Å². The van der Waals surface area contributed by atoms with Gasteiger partial charge in [-0.15, -0.1) is 0 Å². The van der Waals surface area contributed by atoms with Crippen LogP contribution in [0.1, 0.15) is 32.4 Å². The molecule has 16 heavy (non-hydrogen) atoms. The van der Waals surface area contributed by atoms with E-state index in [1.807, 2.05) is 6.92 Å². The first-order valence-electron chi connectivity index (χ1n) is 5.18. The number of aromatic nitrogens is 2. The lowest BCUT2D eigenvalue weighted by atomic mass is 9.81. The van der Waals surface area contributed by atoms with Gasteiger partial charge < -0.3 is 5.11 Å². The molecule has 4 nitrogen and oxygen atoms in total. The maximum absolute atomic E-state index is 11.2. The lowest BCUT2D eigenvalue weighted by Crippen LogP contribution is -2.30. The number of halogens is 1. The number of carbonyl (C=O) groups is 1. The van der Waals surface area contributed by atoms with Crippen molar-refractivity contribution in [3.05, 3.63) is 23.2 Å². The van der Waals surface area contributed by atoms with Gasteiger partial charge in [-0.1, -0.05) is 24.9 Å². The lowest BCUT2D eigenvalue weighted by Gasteiger charge is -2.23. The number of carboxylic acid groups (broad SMARTS) is 1. The van der Waals surface area contributed by atoms with Gasteiger partial charge in [-0.25, -0.2) is 4.98 Å². The van der Waals surface area contributed by atoms with E-state index in [9.17, 15) is 9.90 Å². The van der Waals surface area contributed by atoms with Crippen LogP contribution >= 0.6 is 11.6 Å². The van der Waals surface area contributed by atoms with Crippen LogP contribution in [0.15, 0.2) is 12.4 Å². The quantitative estimate of drug-likeness (QED) is 0.862. The molecule has 1 atom stereocenters. The van der Waals surface area contributed by atoms with Gasteiger partial charge in [0, 0.05) is 6.42 Å². The Hall–Kier alpha value is -1.16. The number of nitrogens with zero attached hydrogens (tertiary/aromatic N) is 2. The first kappa shape index (κ1) is 12.9. The van der Waals surface area contributed by atoms with E-state index < -0.39 is 11.4 Å². The summed E-state index contributed by atoms with van der Waals surface area (Å²) in [5, 5.41) is 9.52. The van der Waals surface area contributed by atoms with E-state index in [4.69, 9.17) is 11.6 Å². The van der Waals surface area contributed by atoms with E-state index in [0.717, 1.165) is 6.42 Å². The molecule has 1 rings (SSSR count). The van der Waals surface area contributed by atoms with Crippen molar-refractivity contribution in [3.63, 3.8) is 0 Å². The Kier molecular flexibility index (Phi) is 4.24. The van der Waals surface area contributed by atoms with E-state index >= 15 is 0 Å². The fourth-order valence-electron chi connectivity index (χ4n) is 1.65. The first-order valence-corrected chi connectivity index (χ1v) is 5.55. The highest BCUT2D eigenvalue weighted by Gasteiger charge is 2.32. The molecule has 5 heteroatoms. The molecule has 1 aromatic rings. The summed E-state index contributed by atoms with van der Waals surface area (Å²) >= 11 is 5.62. The summed E-state index contributed by atoms with van der Waals surface area (Å²) in [7, 11) is 0. The van der Waals surface area contributed by atoms with Gasteiger partial charge in [-0.2, -0.15) is 0 Å². The largest absolute Gasteiger partial charge is 0.481 e. The Morgan fingerprint density at radius 2 is 2.19 bits per heavy atom. The SMILES string of the molecule is CCCC(C)(Cc1cnc(Cl)cn1)C(=O)O. The molecule has 0 aliphatic heterocycles. The van der Waals surface area contributed by atoms with Gasteiger partial charge in [0.2, 0.25) is 0 Å². The fraction of sp³-hybridized carbons (Fsp3) is 0.545. The van der Waals surface area contributed by atoms with Crippen molar-refractivity contribution in [2.24, 2.45) is 5.41 Å². The molecule has 0 radical (unpaired) electrons. The van der Waals surface area contributed by atoms with Crippen molar-refractivity contribution in [2.75, 3.05) is 0 Å². The molecule has 1 unspecified atom stereocenters. The van der Waals surface area contributed by atoms with E-state index in [0.29, 0.717) is 23.7 Å². The van der Waals surface area contributed by atoms with Gasteiger partial charge >= 0.3 is 5.97 Å². The Labute approximate surface area is 99.7 Å². The van der Waals surface area contributed by atoms with Crippen LogP contribution < -0.4 is 0 Å². The molecular formula is C11H15ClN2O2. The molecule has 0 aliphatic rings. The van der Waals surface area contributed by atoms with Crippen LogP contribution in [0.4, 0.5) is 0 Å². The van der Waals surface area contributed by atoms with Crippen LogP contribution in [0.5, 0.6) is 0 Å². The first-order chi connectivity index (χ1) is 7.48. The average molecular weight is 243 g/mol. The van der Waals surface area contributed by atoms with Crippen molar-refractivity contribution in [3.8, 4) is 0 Å². The van der Waals surface area contributed by atoms with Crippen molar-refractivity contribution in [1.29, 1.82) is 0 Å². The van der Waals surface area contributed by atoms with Crippen LogP contribution in [-0.2, 0) is 11.2 Å². The van der Waals surface area contributed by atoms with Crippen LogP contribution in [0.3, 0.4) is 0 Å². The predicted molar refractivity (Wildman–Crippen MR) is 61.4 cm³/mol. The number of rotatable bonds is 5. The van der Waals surface area contributed by atoms with Crippen molar-refractivity contribution >= 4 is 17.6 Å². The topological polar surface area (TPSA) is 63.1 Å². The molecule has 0 bridgehead atoms. The molecule has 1 aromatic heterocycles. The van der Waals surface area contributed by atoms with Crippen LogP contribution in [-0.4, -0.2) is 21.0 Å². The number of aliphatic carboxylic acids is 1. The molecule has 0 saturated heterocycles. The molecule has 0 aliphatic carbocycles. The number of hydrogen-bond donors (Lipinski definition) is 1. The Morgan fingerprint density at radius 3 is 2.62 bits per heavy atom. The molecule has 88 valence electrons. The Balaban J connectivity index is 2.83. The van der Waals surface area contributed by atoms with E-state index in [-0.39, 0.29) is 0 Å². The third kappa shape index (κ3) is 3.17. The summed E-state index contributed by atoms with van der Waals surface area (Å²) in [4.78, 5) is 19.2. The van der Waals surface area contributed by atoms with Gasteiger partial charge in [0.1, 0.15) is 5.15 Å².